The van der Waals surface area contributed by atoms with E-state index < -0.39 is 0 Å². The van der Waals surface area contributed by atoms with Crippen LogP contribution in [-0.2, 0) is 11.3 Å². The van der Waals surface area contributed by atoms with Crippen molar-refractivity contribution >= 4 is 11.6 Å². The maximum absolute atomic E-state index is 13.7. The lowest BCUT2D eigenvalue weighted by Gasteiger charge is -2.24. The van der Waals surface area contributed by atoms with E-state index in [-0.39, 0.29) is 18.3 Å². The van der Waals surface area contributed by atoms with Crippen LogP contribution in [0.2, 0.25) is 0 Å². The van der Waals surface area contributed by atoms with Gasteiger partial charge in [0.1, 0.15) is 11.5 Å². The van der Waals surface area contributed by atoms with E-state index in [1.54, 1.807) is 13.0 Å². The second-order valence-electron chi connectivity index (χ2n) is 5.89. The van der Waals surface area contributed by atoms with Crippen LogP contribution in [0.15, 0.2) is 37.1 Å². The monoisotopic (exact) mass is 314 g/mol. The van der Waals surface area contributed by atoms with Gasteiger partial charge < -0.3 is 4.90 Å². The molecular weight excluding hydrogens is 295 g/mol. The van der Waals surface area contributed by atoms with Gasteiger partial charge in [-0.25, -0.2) is 9.07 Å². The fraction of sp³-hybridized carbons (Fsp3) is 0.353. The molecule has 1 aromatic carbocycles. The first-order valence-electron chi connectivity index (χ1n) is 7.68. The van der Waals surface area contributed by atoms with Crippen LogP contribution in [0.3, 0.4) is 0 Å². The first kappa shape index (κ1) is 15.4. The zero-order chi connectivity index (χ0) is 16.4. The molecule has 1 heterocycles. The topological polar surface area (TPSA) is 51.0 Å². The Bertz CT molecular complexity index is 716. The number of benzene rings is 1. The zero-order valence-electron chi connectivity index (χ0n) is 13.1. The van der Waals surface area contributed by atoms with Gasteiger partial charge in [0, 0.05) is 5.69 Å². The summed E-state index contributed by atoms with van der Waals surface area (Å²) in [6.07, 6.45) is 6.52. The van der Waals surface area contributed by atoms with Crippen molar-refractivity contribution in [2.45, 2.75) is 38.8 Å². The maximum atomic E-state index is 13.7. The summed E-state index contributed by atoms with van der Waals surface area (Å²) in [5.74, 6) is -0.673. The quantitative estimate of drug-likeness (QED) is 0.797. The van der Waals surface area contributed by atoms with E-state index >= 15 is 0 Å². The van der Waals surface area contributed by atoms with Gasteiger partial charge in [-0.2, -0.15) is 0 Å². The van der Waals surface area contributed by atoms with E-state index in [4.69, 9.17) is 0 Å². The molecule has 1 saturated carbocycles. The third-order valence-electron chi connectivity index (χ3n) is 4.11. The van der Waals surface area contributed by atoms with E-state index in [0.29, 0.717) is 17.4 Å². The minimum atomic E-state index is -0.375. The van der Waals surface area contributed by atoms with E-state index in [0.717, 1.165) is 18.4 Å². The van der Waals surface area contributed by atoms with Crippen molar-refractivity contribution < 1.29 is 9.18 Å². The van der Waals surface area contributed by atoms with Gasteiger partial charge in [-0.15, -0.1) is 5.10 Å². The smallest absolute Gasteiger partial charge is 0.250 e. The third-order valence-corrected chi connectivity index (χ3v) is 4.11. The molecule has 0 spiro atoms. The van der Waals surface area contributed by atoms with Crippen molar-refractivity contribution in [1.82, 2.24) is 15.0 Å². The van der Waals surface area contributed by atoms with Gasteiger partial charge in [0.15, 0.2) is 0 Å². The molecule has 1 aliphatic carbocycles. The number of hydrogen-bond donors (Lipinski definition) is 0. The van der Waals surface area contributed by atoms with E-state index in [1.807, 2.05) is 10.9 Å². The van der Waals surface area contributed by atoms with Crippen molar-refractivity contribution in [2.24, 2.45) is 0 Å². The maximum Gasteiger partial charge on any atom is 0.250 e. The summed E-state index contributed by atoms with van der Waals surface area (Å²) >= 11 is 0. The van der Waals surface area contributed by atoms with Crippen LogP contribution in [0.1, 0.15) is 36.6 Å². The fourth-order valence-corrected chi connectivity index (χ4v) is 2.66. The van der Waals surface area contributed by atoms with Gasteiger partial charge in [0.2, 0.25) is 0 Å². The molecule has 1 amide bonds. The molecule has 0 aliphatic heterocycles. The number of halogens is 1. The first-order chi connectivity index (χ1) is 11.1. The number of anilines is 1. The molecule has 3 rings (SSSR count). The molecule has 0 bridgehead atoms. The summed E-state index contributed by atoms with van der Waals surface area (Å²) in [7, 11) is 0. The zero-order valence-corrected chi connectivity index (χ0v) is 13.1. The number of rotatable bonds is 5. The molecule has 0 saturated heterocycles. The average Bonchev–Trinajstić information content (AvgIpc) is 2.89. The minimum Gasteiger partial charge on any atom is -0.303 e. The van der Waals surface area contributed by atoms with Crippen LogP contribution in [-0.4, -0.2) is 20.9 Å². The van der Waals surface area contributed by atoms with Crippen molar-refractivity contribution in [3.05, 3.63) is 54.1 Å². The Hall–Kier alpha value is -2.50. The lowest BCUT2D eigenvalue weighted by Crippen LogP contribution is -2.29. The van der Waals surface area contributed by atoms with Crippen LogP contribution in [0, 0.1) is 12.7 Å². The molecule has 1 aliphatic rings. The van der Waals surface area contributed by atoms with Gasteiger partial charge in [-0.05, 0) is 56.0 Å². The number of carbonyl (C=O) groups is 1. The normalized spacial score (nSPS) is 14.3. The van der Waals surface area contributed by atoms with Crippen LogP contribution in [0.4, 0.5) is 10.1 Å². The highest BCUT2D eigenvalue weighted by atomic mass is 19.1. The number of hydrogen-bond acceptors (Lipinski definition) is 3. The summed E-state index contributed by atoms with van der Waals surface area (Å²) in [6, 6.07) is 4.94. The van der Waals surface area contributed by atoms with Crippen LogP contribution >= 0.6 is 0 Å². The molecule has 23 heavy (non-hydrogen) atoms. The van der Waals surface area contributed by atoms with Gasteiger partial charge in [0.25, 0.3) is 5.91 Å². The molecule has 0 radical (unpaired) electrons. The Kier molecular flexibility index (Phi) is 4.23. The summed E-state index contributed by atoms with van der Waals surface area (Å²) < 4.78 is 15.5. The Morgan fingerprint density at radius 2 is 2.26 bits per heavy atom. The van der Waals surface area contributed by atoms with E-state index in [9.17, 15) is 9.18 Å². The molecule has 5 nitrogen and oxygen atoms in total. The molecule has 0 unspecified atom stereocenters. The van der Waals surface area contributed by atoms with Crippen LogP contribution in [0.25, 0.3) is 0 Å². The number of carbonyl (C=O) groups excluding carboxylic acids is 1. The fourth-order valence-electron chi connectivity index (χ4n) is 2.66. The average molecular weight is 314 g/mol. The molecule has 2 aromatic rings. The van der Waals surface area contributed by atoms with Crippen LogP contribution < -0.4 is 4.90 Å². The summed E-state index contributed by atoms with van der Waals surface area (Å²) in [5, 5.41) is 8.27. The van der Waals surface area contributed by atoms with Crippen molar-refractivity contribution in [1.29, 1.82) is 0 Å². The lowest BCUT2D eigenvalue weighted by atomic mass is 9.93. The molecule has 120 valence electrons. The number of amides is 1. The van der Waals surface area contributed by atoms with Crippen molar-refractivity contribution in [3.8, 4) is 0 Å². The number of aryl methyl sites for hydroxylation is 1. The van der Waals surface area contributed by atoms with Gasteiger partial charge in [-0.3, -0.25) is 4.79 Å². The van der Waals surface area contributed by atoms with Gasteiger partial charge >= 0.3 is 0 Å². The van der Waals surface area contributed by atoms with Crippen LogP contribution in [0.5, 0.6) is 0 Å². The largest absolute Gasteiger partial charge is 0.303 e. The molecule has 1 aromatic heterocycles. The Morgan fingerprint density at radius 3 is 2.87 bits per heavy atom. The summed E-state index contributed by atoms with van der Waals surface area (Å²) in [4.78, 5) is 13.6. The molecule has 1 fully saturated rings. The first-order valence-corrected chi connectivity index (χ1v) is 7.68. The highest BCUT2D eigenvalue weighted by molar-refractivity contribution is 6.00. The van der Waals surface area contributed by atoms with Crippen molar-refractivity contribution in [3.63, 3.8) is 0 Å². The molecule has 0 N–H and O–H groups in total. The standard InChI is InChI=1S/C17H19FN4O/c1-3-17(23)21(16-8-12(2)7-13(18)9-16)10-14-11-22(20-19-14)15-5-4-6-15/h3,7-9,11,15H,1,4-6,10H2,2H3. The van der Waals surface area contributed by atoms with Gasteiger partial charge in [-0.1, -0.05) is 11.8 Å². The Morgan fingerprint density at radius 1 is 1.48 bits per heavy atom. The lowest BCUT2D eigenvalue weighted by molar-refractivity contribution is -0.114. The van der Waals surface area contributed by atoms with E-state index in [2.05, 4.69) is 16.9 Å². The Labute approximate surface area is 134 Å². The third kappa shape index (κ3) is 3.31. The number of aromatic nitrogens is 3. The second kappa shape index (κ2) is 6.32. The summed E-state index contributed by atoms with van der Waals surface area (Å²) in [5.41, 5.74) is 1.92. The minimum absolute atomic E-state index is 0.237. The molecule has 6 heteroatoms. The second-order valence-corrected chi connectivity index (χ2v) is 5.89. The van der Waals surface area contributed by atoms with Crippen molar-refractivity contribution in [2.75, 3.05) is 4.90 Å². The highest BCUT2D eigenvalue weighted by Gasteiger charge is 2.22. The highest BCUT2D eigenvalue weighted by Crippen LogP contribution is 2.30. The SMILES string of the molecule is C=CC(=O)N(Cc1cn(C2CCC2)nn1)c1cc(C)cc(F)c1. The van der Waals surface area contributed by atoms with Gasteiger partial charge in [0.05, 0.1) is 18.8 Å². The Balaban J connectivity index is 1.85. The predicted octanol–water partition coefficient (Wildman–Crippen LogP) is 3.17. The molecule has 0 atom stereocenters. The predicted molar refractivity (Wildman–Crippen MR) is 85.4 cm³/mol. The van der Waals surface area contributed by atoms with E-state index in [1.165, 1.54) is 29.5 Å². The number of nitrogens with zero attached hydrogens (tertiary/aromatic N) is 4. The molecular formula is C17H19FN4O. The summed E-state index contributed by atoms with van der Waals surface area (Å²) in [6.45, 7) is 5.55.